The minimum absolute atomic E-state index is 0.923. The summed E-state index contributed by atoms with van der Waals surface area (Å²) in [4.78, 5) is 2.25. The molecule has 0 amide bonds. The topological polar surface area (TPSA) is 8.17 Å². The number of aryl methyl sites for hydroxylation is 1. The molecule has 0 atom stereocenters. The Morgan fingerprint density at radius 2 is 1.83 bits per heavy atom. The third kappa shape index (κ3) is 4.04. The molecule has 1 aromatic heterocycles. The quantitative estimate of drug-likeness (QED) is 0.596. The van der Waals surface area contributed by atoms with Crippen molar-refractivity contribution in [2.75, 3.05) is 20.6 Å². The SMILES string of the molecule is CN(C)CCCc1cn(Cc2ccccc2)c2ccc(Br)cc12. The number of rotatable bonds is 6. The zero-order valence-corrected chi connectivity index (χ0v) is 15.4. The Labute approximate surface area is 146 Å². The predicted molar refractivity (Wildman–Crippen MR) is 102 cm³/mol. The second-order valence-electron chi connectivity index (χ2n) is 6.34. The van der Waals surface area contributed by atoms with E-state index in [4.69, 9.17) is 0 Å². The van der Waals surface area contributed by atoms with Crippen molar-refractivity contribution in [3.63, 3.8) is 0 Å². The molecule has 0 fully saturated rings. The maximum Gasteiger partial charge on any atom is 0.0487 e. The number of fused-ring (bicyclic) bond motifs is 1. The summed E-state index contributed by atoms with van der Waals surface area (Å²) in [6.07, 6.45) is 4.64. The molecule has 0 saturated heterocycles. The first-order chi connectivity index (χ1) is 11.1. The molecule has 0 spiro atoms. The summed E-state index contributed by atoms with van der Waals surface area (Å²) in [5, 5.41) is 1.37. The number of aromatic nitrogens is 1. The molecule has 3 heteroatoms. The second kappa shape index (κ2) is 7.33. The van der Waals surface area contributed by atoms with E-state index < -0.39 is 0 Å². The Morgan fingerprint density at radius 3 is 2.57 bits per heavy atom. The van der Waals surface area contributed by atoms with Crippen molar-refractivity contribution in [2.24, 2.45) is 0 Å². The fourth-order valence-electron chi connectivity index (χ4n) is 3.04. The van der Waals surface area contributed by atoms with Gasteiger partial charge in [-0.25, -0.2) is 0 Å². The number of hydrogen-bond donors (Lipinski definition) is 0. The van der Waals surface area contributed by atoms with Crippen LogP contribution in [0, 0.1) is 0 Å². The van der Waals surface area contributed by atoms with E-state index in [1.807, 2.05) is 0 Å². The minimum atomic E-state index is 0.923. The smallest absolute Gasteiger partial charge is 0.0487 e. The first-order valence-electron chi connectivity index (χ1n) is 8.09. The molecule has 0 aliphatic rings. The Morgan fingerprint density at radius 1 is 1.04 bits per heavy atom. The lowest BCUT2D eigenvalue weighted by molar-refractivity contribution is 0.400. The minimum Gasteiger partial charge on any atom is -0.343 e. The van der Waals surface area contributed by atoms with Gasteiger partial charge in [-0.05, 0) is 62.8 Å². The normalized spacial score (nSPS) is 11.5. The van der Waals surface area contributed by atoms with Gasteiger partial charge in [0.2, 0.25) is 0 Å². The summed E-state index contributed by atoms with van der Waals surface area (Å²) in [5.41, 5.74) is 4.10. The summed E-state index contributed by atoms with van der Waals surface area (Å²) in [6, 6.07) is 17.3. The van der Waals surface area contributed by atoms with E-state index in [0.29, 0.717) is 0 Å². The van der Waals surface area contributed by atoms with Crippen molar-refractivity contribution >= 4 is 26.8 Å². The highest BCUT2D eigenvalue weighted by molar-refractivity contribution is 9.10. The molecule has 0 saturated carbocycles. The van der Waals surface area contributed by atoms with Gasteiger partial charge in [0.25, 0.3) is 0 Å². The Bertz CT molecular complexity index is 775. The summed E-state index contributed by atoms with van der Waals surface area (Å²) in [7, 11) is 4.27. The molecular formula is C20H23BrN2. The van der Waals surface area contributed by atoms with Gasteiger partial charge < -0.3 is 9.47 Å². The van der Waals surface area contributed by atoms with Gasteiger partial charge in [0.15, 0.2) is 0 Å². The highest BCUT2D eigenvalue weighted by Gasteiger charge is 2.09. The number of benzene rings is 2. The fourth-order valence-corrected chi connectivity index (χ4v) is 3.40. The van der Waals surface area contributed by atoms with E-state index in [1.165, 1.54) is 28.5 Å². The third-order valence-electron chi connectivity index (χ3n) is 4.17. The Kier molecular flexibility index (Phi) is 5.19. The largest absolute Gasteiger partial charge is 0.343 e. The van der Waals surface area contributed by atoms with Crippen molar-refractivity contribution in [3.8, 4) is 0 Å². The molecule has 1 heterocycles. The first-order valence-corrected chi connectivity index (χ1v) is 8.89. The van der Waals surface area contributed by atoms with Crippen LogP contribution in [0.1, 0.15) is 17.5 Å². The zero-order chi connectivity index (χ0) is 16.2. The van der Waals surface area contributed by atoms with Crippen LogP contribution in [0.25, 0.3) is 10.9 Å². The molecule has 0 aliphatic carbocycles. The van der Waals surface area contributed by atoms with Crippen molar-refractivity contribution in [2.45, 2.75) is 19.4 Å². The second-order valence-corrected chi connectivity index (χ2v) is 7.25. The third-order valence-corrected chi connectivity index (χ3v) is 4.67. The van der Waals surface area contributed by atoms with Crippen molar-refractivity contribution in [3.05, 3.63) is 70.3 Å². The predicted octanol–water partition coefficient (Wildman–Crippen LogP) is 4.95. The van der Waals surface area contributed by atoms with E-state index in [2.05, 4.69) is 94.2 Å². The molecule has 2 aromatic carbocycles. The lowest BCUT2D eigenvalue weighted by atomic mass is 10.1. The van der Waals surface area contributed by atoms with Crippen LogP contribution in [-0.4, -0.2) is 30.1 Å². The van der Waals surface area contributed by atoms with Gasteiger partial charge in [0, 0.05) is 28.1 Å². The molecule has 0 N–H and O–H groups in total. The first kappa shape index (κ1) is 16.3. The molecule has 0 radical (unpaired) electrons. The lowest BCUT2D eigenvalue weighted by Gasteiger charge is -2.08. The summed E-state index contributed by atoms with van der Waals surface area (Å²) in [5.74, 6) is 0. The molecule has 0 unspecified atom stereocenters. The highest BCUT2D eigenvalue weighted by atomic mass is 79.9. The number of hydrogen-bond acceptors (Lipinski definition) is 1. The molecule has 3 rings (SSSR count). The summed E-state index contributed by atoms with van der Waals surface area (Å²) >= 11 is 3.62. The lowest BCUT2D eigenvalue weighted by Crippen LogP contribution is -2.13. The van der Waals surface area contributed by atoms with Crippen LogP contribution in [0.5, 0.6) is 0 Å². The van der Waals surface area contributed by atoms with E-state index in [9.17, 15) is 0 Å². The number of halogens is 1. The van der Waals surface area contributed by atoms with Crippen LogP contribution >= 0.6 is 15.9 Å². The molecule has 0 bridgehead atoms. The fraction of sp³-hybridized carbons (Fsp3) is 0.300. The highest BCUT2D eigenvalue weighted by Crippen LogP contribution is 2.27. The Hall–Kier alpha value is -1.58. The molecule has 2 nitrogen and oxygen atoms in total. The van der Waals surface area contributed by atoms with Crippen LogP contribution in [0.3, 0.4) is 0 Å². The molecule has 120 valence electrons. The van der Waals surface area contributed by atoms with Gasteiger partial charge >= 0.3 is 0 Å². The average molecular weight is 371 g/mol. The van der Waals surface area contributed by atoms with Crippen LogP contribution in [0.2, 0.25) is 0 Å². The maximum atomic E-state index is 3.62. The summed E-state index contributed by atoms with van der Waals surface area (Å²) in [6.45, 7) is 2.05. The average Bonchev–Trinajstić information content (AvgIpc) is 2.85. The molecule has 23 heavy (non-hydrogen) atoms. The van der Waals surface area contributed by atoms with E-state index in [1.54, 1.807) is 0 Å². The Balaban J connectivity index is 1.91. The molecular weight excluding hydrogens is 348 g/mol. The van der Waals surface area contributed by atoms with Gasteiger partial charge in [-0.15, -0.1) is 0 Å². The van der Waals surface area contributed by atoms with Crippen LogP contribution < -0.4 is 0 Å². The van der Waals surface area contributed by atoms with Gasteiger partial charge in [0.1, 0.15) is 0 Å². The van der Waals surface area contributed by atoms with Gasteiger partial charge in [-0.2, -0.15) is 0 Å². The zero-order valence-electron chi connectivity index (χ0n) is 13.8. The van der Waals surface area contributed by atoms with Gasteiger partial charge in [0.05, 0.1) is 0 Å². The van der Waals surface area contributed by atoms with Gasteiger partial charge in [-0.1, -0.05) is 46.3 Å². The number of nitrogens with zero attached hydrogens (tertiary/aromatic N) is 2. The van der Waals surface area contributed by atoms with Crippen LogP contribution in [-0.2, 0) is 13.0 Å². The van der Waals surface area contributed by atoms with Crippen molar-refractivity contribution in [1.82, 2.24) is 9.47 Å². The van der Waals surface area contributed by atoms with E-state index >= 15 is 0 Å². The van der Waals surface area contributed by atoms with Crippen LogP contribution in [0.15, 0.2) is 59.2 Å². The van der Waals surface area contributed by atoms with E-state index in [-0.39, 0.29) is 0 Å². The van der Waals surface area contributed by atoms with Gasteiger partial charge in [-0.3, -0.25) is 0 Å². The van der Waals surface area contributed by atoms with E-state index in [0.717, 1.165) is 24.0 Å². The van der Waals surface area contributed by atoms with Crippen molar-refractivity contribution in [1.29, 1.82) is 0 Å². The molecule has 3 aromatic rings. The monoisotopic (exact) mass is 370 g/mol. The van der Waals surface area contributed by atoms with Crippen molar-refractivity contribution < 1.29 is 0 Å². The standard InChI is InChI=1S/C20H23BrN2/c1-22(2)12-6-9-17-15-23(14-16-7-4-3-5-8-16)20-11-10-18(21)13-19(17)20/h3-5,7-8,10-11,13,15H,6,9,12,14H2,1-2H3. The van der Waals surface area contributed by atoms with Crippen LogP contribution in [0.4, 0.5) is 0 Å². The summed E-state index contributed by atoms with van der Waals surface area (Å²) < 4.78 is 3.53. The molecule has 0 aliphatic heterocycles. The maximum absolute atomic E-state index is 3.62.